The number of hydrogen-bond acceptors (Lipinski definition) is 7. The van der Waals surface area contributed by atoms with E-state index < -0.39 is 6.10 Å². The molecule has 0 radical (unpaired) electrons. The highest BCUT2D eigenvalue weighted by atomic mass is 16.5. The van der Waals surface area contributed by atoms with E-state index in [0.717, 1.165) is 5.56 Å². The Labute approximate surface area is 176 Å². The number of carbonyl (C=O) groups excluding carboxylic acids is 1. The molecule has 1 aromatic rings. The van der Waals surface area contributed by atoms with E-state index in [9.17, 15) is 5.11 Å². The SMILES string of the molecule is CC.CN1CCCCC1.COC=O.COc1cc(CC(C)O)cc(OC)c1OC. The van der Waals surface area contributed by atoms with Gasteiger partial charge in [-0.05, 0) is 64.0 Å². The number of hydrogen-bond donors (Lipinski definition) is 1. The van der Waals surface area contributed by atoms with Crippen LogP contribution in [0, 0.1) is 0 Å². The quantitative estimate of drug-likeness (QED) is 0.712. The Hall–Kier alpha value is -1.99. The van der Waals surface area contributed by atoms with Gasteiger partial charge < -0.3 is 29.0 Å². The number of benzene rings is 1. The molecule has 1 N–H and O–H groups in total. The second-order valence-electron chi connectivity index (χ2n) is 6.28. The second kappa shape index (κ2) is 19.3. The predicted molar refractivity (Wildman–Crippen MR) is 117 cm³/mol. The number of carbonyl (C=O) groups is 1. The van der Waals surface area contributed by atoms with Crippen molar-refractivity contribution >= 4 is 6.47 Å². The summed E-state index contributed by atoms with van der Waals surface area (Å²) in [6, 6.07) is 3.68. The average molecular weight is 416 g/mol. The van der Waals surface area contributed by atoms with Gasteiger partial charge in [0.25, 0.3) is 6.47 Å². The molecule has 1 aliphatic heterocycles. The molecule has 1 fully saturated rings. The first-order chi connectivity index (χ1) is 13.9. The lowest BCUT2D eigenvalue weighted by Gasteiger charge is -2.20. The van der Waals surface area contributed by atoms with Gasteiger partial charge >= 0.3 is 0 Å². The van der Waals surface area contributed by atoms with Crippen LogP contribution in [0.2, 0.25) is 0 Å². The Balaban J connectivity index is 0. The number of rotatable bonds is 6. The summed E-state index contributed by atoms with van der Waals surface area (Å²) in [5, 5.41) is 9.35. The topological polar surface area (TPSA) is 77.5 Å². The van der Waals surface area contributed by atoms with Crippen LogP contribution in [0.5, 0.6) is 17.2 Å². The summed E-state index contributed by atoms with van der Waals surface area (Å²) in [7, 11) is 8.22. The fourth-order valence-electron chi connectivity index (χ4n) is 2.65. The minimum absolute atomic E-state index is 0.375. The van der Waals surface area contributed by atoms with E-state index in [1.807, 2.05) is 26.0 Å². The molecule has 0 spiro atoms. The van der Waals surface area contributed by atoms with Crippen molar-refractivity contribution in [3.63, 3.8) is 0 Å². The van der Waals surface area contributed by atoms with Crippen molar-refractivity contribution in [3.8, 4) is 17.2 Å². The molecule has 0 bridgehead atoms. The second-order valence-corrected chi connectivity index (χ2v) is 6.28. The molecule has 170 valence electrons. The summed E-state index contributed by atoms with van der Waals surface area (Å²) in [5.74, 6) is 1.79. The van der Waals surface area contributed by atoms with Gasteiger partial charge in [-0.3, -0.25) is 4.79 Å². The summed E-state index contributed by atoms with van der Waals surface area (Å²) in [5.41, 5.74) is 0.949. The summed E-state index contributed by atoms with van der Waals surface area (Å²) < 4.78 is 19.5. The third-order valence-corrected chi connectivity index (χ3v) is 3.93. The van der Waals surface area contributed by atoms with E-state index in [-0.39, 0.29) is 0 Å². The zero-order valence-electron chi connectivity index (χ0n) is 19.5. The molecule has 1 aliphatic rings. The van der Waals surface area contributed by atoms with Crippen LogP contribution in [0.25, 0.3) is 0 Å². The molecular weight excluding hydrogens is 374 g/mol. The van der Waals surface area contributed by atoms with Crippen LogP contribution >= 0.6 is 0 Å². The average Bonchev–Trinajstić information content (AvgIpc) is 2.75. The summed E-state index contributed by atoms with van der Waals surface area (Å²) in [6.45, 7) is 8.75. The van der Waals surface area contributed by atoms with Crippen LogP contribution in [-0.2, 0) is 16.0 Å². The maximum atomic E-state index is 9.35. The first-order valence-electron chi connectivity index (χ1n) is 10.0. The minimum Gasteiger partial charge on any atom is -0.493 e. The summed E-state index contributed by atoms with van der Waals surface area (Å²) in [6.07, 6.45) is 4.43. The highest BCUT2D eigenvalue weighted by molar-refractivity contribution is 5.53. The maximum absolute atomic E-state index is 9.35. The molecule has 0 amide bonds. The van der Waals surface area contributed by atoms with E-state index >= 15 is 0 Å². The molecule has 7 heteroatoms. The van der Waals surface area contributed by atoms with E-state index in [4.69, 9.17) is 19.0 Å². The van der Waals surface area contributed by atoms with Gasteiger partial charge in [0.2, 0.25) is 5.75 Å². The zero-order chi connectivity index (χ0) is 22.7. The van der Waals surface area contributed by atoms with Gasteiger partial charge in [-0.25, -0.2) is 0 Å². The van der Waals surface area contributed by atoms with Gasteiger partial charge in [0.1, 0.15) is 0 Å². The van der Waals surface area contributed by atoms with E-state index in [1.54, 1.807) is 28.3 Å². The van der Waals surface area contributed by atoms with E-state index in [1.165, 1.54) is 39.5 Å². The zero-order valence-corrected chi connectivity index (χ0v) is 19.5. The van der Waals surface area contributed by atoms with Gasteiger partial charge in [-0.2, -0.15) is 0 Å². The van der Waals surface area contributed by atoms with E-state index in [2.05, 4.69) is 16.7 Å². The Morgan fingerprint density at radius 3 is 1.69 bits per heavy atom. The summed E-state index contributed by atoms with van der Waals surface area (Å²) in [4.78, 5) is 11.3. The smallest absolute Gasteiger partial charge is 0.292 e. The fourth-order valence-corrected chi connectivity index (χ4v) is 2.65. The van der Waals surface area contributed by atoms with Crippen molar-refractivity contribution < 1.29 is 28.8 Å². The summed E-state index contributed by atoms with van der Waals surface area (Å²) >= 11 is 0. The monoisotopic (exact) mass is 415 g/mol. The van der Waals surface area contributed by atoms with Gasteiger partial charge in [0, 0.05) is 0 Å². The van der Waals surface area contributed by atoms with Gasteiger partial charge in [0.05, 0.1) is 34.5 Å². The lowest BCUT2D eigenvalue weighted by molar-refractivity contribution is -0.126. The molecule has 0 saturated carbocycles. The van der Waals surface area contributed by atoms with Crippen LogP contribution in [-0.4, -0.2) is 71.2 Å². The normalized spacial score (nSPS) is 13.7. The Morgan fingerprint density at radius 2 is 1.45 bits per heavy atom. The van der Waals surface area contributed by atoms with Gasteiger partial charge in [-0.1, -0.05) is 20.3 Å². The Kier molecular flexibility index (Phi) is 19.5. The third kappa shape index (κ3) is 13.8. The molecule has 2 rings (SSSR count). The van der Waals surface area contributed by atoms with Crippen LogP contribution in [0.15, 0.2) is 12.1 Å². The largest absolute Gasteiger partial charge is 0.493 e. The molecule has 1 atom stereocenters. The van der Waals surface area contributed by atoms with Crippen LogP contribution in [0.1, 0.15) is 45.6 Å². The Morgan fingerprint density at radius 1 is 1.00 bits per heavy atom. The van der Waals surface area contributed by atoms with E-state index in [0.29, 0.717) is 30.1 Å². The number of nitrogens with zero attached hydrogens (tertiary/aromatic N) is 1. The standard InChI is InChI=1S/C12H18O4.C6H13N.C2H4O2.C2H6/c1-8(13)5-9-6-10(14-2)12(16-4)11(7-9)15-3;1-7-5-3-2-4-6-7;1-4-2-3;1-2/h6-8,13H,5H2,1-4H3;2-6H2,1H3;2H,1H3;1-2H3. The van der Waals surface area contributed by atoms with Gasteiger partial charge in [0.15, 0.2) is 11.5 Å². The lowest BCUT2D eigenvalue weighted by atomic mass is 10.1. The molecule has 1 unspecified atom stereocenters. The highest BCUT2D eigenvalue weighted by Gasteiger charge is 2.13. The van der Waals surface area contributed by atoms with Crippen molar-refractivity contribution in [2.45, 2.75) is 52.6 Å². The number of aliphatic hydroxyl groups is 1. The molecular formula is C22H41NO6. The van der Waals surface area contributed by atoms with Crippen LogP contribution in [0.3, 0.4) is 0 Å². The number of aliphatic hydroxyl groups excluding tert-OH is 1. The molecule has 29 heavy (non-hydrogen) atoms. The first-order valence-corrected chi connectivity index (χ1v) is 10.0. The Bertz CT molecular complexity index is 491. The minimum atomic E-state index is -0.400. The number of likely N-dealkylation sites (tertiary alicyclic amines) is 1. The molecule has 1 heterocycles. The van der Waals surface area contributed by atoms with Crippen LogP contribution < -0.4 is 14.2 Å². The van der Waals surface area contributed by atoms with Crippen LogP contribution in [0.4, 0.5) is 0 Å². The number of methoxy groups -OCH3 is 4. The van der Waals surface area contributed by atoms with Crippen molar-refractivity contribution in [1.82, 2.24) is 4.90 Å². The van der Waals surface area contributed by atoms with Crippen molar-refractivity contribution in [2.24, 2.45) is 0 Å². The number of piperidine rings is 1. The highest BCUT2D eigenvalue weighted by Crippen LogP contribution is 2.38. The predicted octanol–water partition coefficient (Wildman–Crippen LogP) is 3.55. The van der Waals surface area contributed by atoms with Crippen molar-refractivity contribution in [3.05, 3.63) is 17.7 Å². The molecule has 0 aliphatic carbocycles. The molecule has 1 saturated heterocycles. The number of ether oxygens (including phenoxy) is 4. The molecule has 0 aromatic heterocycles. The first kappa shape index (κ1) is 29.2. The molecule has 7 nitrogen and oxygen atoms in total. The van der Waals surface area contributed by atoms with Gasteiger partial charge in [-0.15, -0.1) is 0 Å². The maximum Gasteiger partial charge on any atom is 0.292 e. The lowest BCUT2D eigenvalue weighted by Crippen LogP contribution is -2.24. The fraction of sp³-hybridized carbons (Fsp3) is 0.682. The van der Waals surface area contributed by atoms with Crippen molar-refractivity contribution in [1.29, 1.82) is 0 Å². The molecule has 1 aromatic carbocycles. The third-order valence-electron chi connectivity index (χ3n) is 3.93. The van der Waals surface area contributed by atoms with Crippen molar-refractivity contribution in [2.75, 3.05) is 48.6 Å².